The number of benzene rings is 3. The van der Waals surface area contributed by atoms with Crippen LogP contribution in [-0.2, 0) is 10.5 Å². The summed E-state index contributed by atoms with van der Waals surface area (Å²) in [7, 11) is -2.43. The van der Waals surface area contributed by atoms with Crippen molar-refractivity contribution in [2.45, 2.75) is 0 Å². The molecule has 3 aromatic carbocycles. The number of nitrogens with two attached hydrogens (primary N) is 1. The summed E-state index contributed by atoms with van der Waals surface area (Å²) in [5.74, 6) is 0. The second-order valence-corrected chi connectivity index (χ2v) is 5.40. The van der Waals surface area contributed by atoms with E-state index in [1.807, 2.05) is 36.4 Å². The number of hydrogen-bond donors (Lipinski definition) is 1. The molecule has 21 heavy (non-hydrogen) atoms. The fourth-order valence-electron chi connectivity index (χ4n) is 2.30. The molecule has 0 aliphatic heterocycles. The van der Waals surface area contributed by atoms with Crippen LogP contribution in [0.5, 0.6) is 0 Å². The molecule has 0 aliphatic carbocycles. The summed E-state index contributed by atoms with van der Waals surface area (Å²) < 4.78 is 24.7. The van der Waals surface area contributed by atoms with Crippen molar-refractivity contribution in [1.82, 2.24) is 3.95 Å². The highest BCUT2D eigenvalue weighted by molar-refractivity contribution is 7.61. The molecule has 0 heterocycles. The van der Waals surface area contributed by atoms with Crippen molar-refractivity contribution in [3.05, 3.63) is 66.7 Å². The van der Waals surface area contributed by atoms with Gasteiger partial charge in [-0.15, -0.1) is 8.42 Å². The van der Waals surface area contributed by atoms with Crippen LogP contribution in [0.4, 0.5) is 17.1 Å². The number of fused-ring (bicyclic) bond motifs is 1. The molecule has 2 N–H and O–H groups in total. The molecule has 0 spiro atoms. The highest BCUT2D eigenvalue weighted by Crippen LogP contribution is 2.29. The smallest absolute Gasteiger partial charge is 0.399 e. The summed E-state index contributed by atoms with van der Waals surface area (Å²) in [6, 6.07) is 20.0. The van der Waals surface area contributed by atoms with E-state index in [1.54, 1.807) is 30.3 Å². The second kappa shape index (κ2) is 5.38. The molecule has 0 fully saturated rings. The van der Waals surface area contributed by atoms with Crippen LogP contribution in [0.15, 0.2) is 66.7 Å². The average molecular weight is 297 g/mol. The van der Waals surface area contributed by atoms with Gasteiger partial charge < -0.3 is 5.73 Å². The Kier molecular flexibility index (Phi) is 3.41. The molecular formula is C16H13N2O2S+. The molecule has 0 aliphatic rings. The molecule has 4 nitrogen and oxygen atoms in total. The van der Waals surface area contributed by atoms with E-state index in [-0.39, 0.29) is 0 Å². The van der Waals surface area contributed by atoms with Gasteiger partial charge in [0.2, 0.25) is 11.4 Å². The van der Waals surface area contributed by atoms with E-state index >= 15 is 0 Å². The van der Waals surface area contributed by atoms with Crippen molar-refractivity contribution in [2.24, 2.45) is 0 Å². The van der Waals surface area contributed by atoms with Gasteiger partial charge in [-0.2, -0.15) is 0 Å². The molecule has 104 valence electrons. The molecule has 0 saturated carbocycles. The number of nitrogens with zero attached hydrogens (tertiary/aromatic N) is 1. The van der Waals surface area contributed by atoms with Crippen LogP contribution in [-0.4, -0.2) is 8.42 Å². The fourth-order valence-corrected chi connectivity index (χ4v) is 2.91. The van der Waals surface area contributed by atoms with Crippen molar-refractivity contribution >= 4 is 38.3 Å². The van der Waals surface area contributed by atoms with E-state index in [0.717, 1.165) is 10.8 Å². The lowest BCUT2D eigenvalue weighted by Crippen LogP contribution is -2.03. The Morgan fingerprint density at radius 2 is 1.48 bits per heavy atom. The van der Waals surface area contributed by atoms with Crippen LogP contribution in [0.2, 0.25) is 0 Å². The normalized spacial score (nSPS) is 10.5. The molecule has 0 radical (unpaired) electrons. The monoisotopic (exact) mass is 297 g/mol. The lowest BCUT2D eigenvalue weighted by molar-refractivity contribution is 0.616. The Labute approximate surface area is 123 Å². The van der Waals surface area contributed by atoms with Crippen LogP contribution >= 0.6 is 0 Å². The van der Waals surface area contributed by atoms with Crippen molar-refractivity contribution in [3.8, 4) is 0 Å². The van der Waals surface area contributed by atoms with Crippen molar-refractivity contribution in [3.63, 3.8) is 0 Å². The molecule has 5 heteroatoms. The topological polar surface area (TPSA) is 63.2 Å². The Morgan fingerprint density at radius 1 is 0.810 bits per heavy atom. The Morgan fingerprint density at radius 3 is 2.19 bits per heavy atom. The van der Waals surface area contributed by atoms with Gasteiger partial charge in [-0.05, 0) is 27.5 Å². The molecule has 0 bridgehead atoms. The standard InChI is InChI=1S/C16H13N2O2S/c17-13-8-10-14(11-9-13)18(21(19)20)16-7-3-5-12-4-1-2-6-15(12)16/h1-11H,17H2/q+1. The first kappa shape index (κ1) is 13.3. The quantitative estimate of drug-likeness (QED) is 0.583. The number of nitrogen functional groups attached to an aromatic ring is 1. The van der Waals surface area contributed by atoms with Crippen molar-refractivity contribution in [1.29, 1.82) is 0 Å². The third kappa shape index (κ3) is 2.51. The van der Waals surface area contributed by atoms with E-state index in [9.17, 15) is 8.42 Å². The maximum Gasteiger partial charge on any atom is 0.471 e. The summed E-state index contributed by atoms with van der Waals surface area (Å²) in [5.41, 5.74) is 7.42. The highest BCUT2D eigenvalue weighted by atomic mass is 32.2. The van der Waals surface area contributed by atoms with E-state index in [1.165, 1.54) is 3.95 Å². The molecule has 0 unspecified atom stereocenters. The second-order valence-electron chi connectivity index (χ2n) is 4.60. The predicted octanol–water partition coefficient (Wildman–Crippen LogP) is 3.32. The molecule has 0 aromatic heterocycles. The van der Waals surface area contributed by atoms with Gasteiger partial charge in [0.25, 0.3) is 0 Å². The Balaban J connectivity index is 2.32. The lowest BCUT2D eigenvalue weighted by atomic mass is 10.1. The van der Waals surface area contributed by atoms with E-state index < -0.39 is 10.5 Å². The van der Waals surface area contributed by atoms with Crippen LogP contribution in [0.1, 0.15) is 0 Å². The minimum absolute atomic E-state index is 0.550. The van der Waals surface area contributed by atoms with Crippen LogP contribution < -0.4 is 9.68 Å². The van der Waals surface area contributed by atoms with Gasteiger partial charge >= 0.3 is 10.5 Å². The van der Waals surface area contributed by atoms with Crippen molar-refractivity contribution in [2.75, 3.05) is 5.73 Å². The fraction of sp³-hybridized carbons (Fsp3) is 0. The molecule has 3 aromatic rings. The maximum atomic E-state index is 11.7. The first-order valence-corrected chi connectivity index (χ1v) is 7.43. The van der Waals surface area contributed by atoms with Gasteiger partial charge in [0.15, 0.2) is 0 Å². The average Bonchev–Trinajstić information content (AvgIpc) is 2.49. The zero-order valence-electron chi connectivity index (χ0n) is 11.1. The minimum Gasteiger partial charge on any atom is -0.399 e. The largest absolute Gasteiger partial charge is 0.471 e. The summed E-state index contributed by atoms with van der Waals surface area (Å²) in [4.78, 5) is 0. The summed E-state index contributed by atoms with van der Waals surface area (Å²) >= 11 is 0. The van der Waals surface area contributed by atoms with Crippen LogP contribution in [0, 0.1) is 0 Å². The molecular weight excluding hydrogens is 284 g/mol. The summed E-state index contributed by atoms with van der Waals surface area (Å²) in [6.07, 6.45) is 0. The maximum absolute atomic E-state index is 11.7. The van der Waals surface area contributed by atoms with Gasteiger partial charge in [0.05, 0.1) is 5.39 Å². The molecule has 3 rings (SSSR count). The van der Waals surface area contributed by atoms with Crippen LogP contribution in [0.3, 0.4) is 0 Å². The van der Waals surface area contributed by atoms with Gasteiger partial charge in [-0.25, -0.2) is 0 Å². The first-order chi connectivity index (χ1) is 10.2. The third-order valence-corrected chi connectivity index (χ3v) is 3.97. The van der Waals surface area contributed by atoms with Gasteiger partial charge in [0.1, 0.15) is 0 Å². The molecule has 0 amide bonds. The summed E-state index contributed by atoms with van der Waals surface area (Å²) in [5, 5.41) is 1.86. The lowest BCUT2D eigenvalue weighted by Gasteiger charge is -2.02. The first-order valence-electron chi connectivity index (χ1n) is 6.39. The predicted molar refractivity (Wildman–Crippen MR) is 85.2 cm³/mol. The Hall–Kier alpha value is -2.66. The minimum atomic E-state index is -2.43. The SMILES string of the molecule is Nc1ccc([N+](c2cccc3ccccc23)=S(=O)=O)cc1. The number of rotatable bonds is 2. The van der Waals surface area contributed by atoms with Gasteiger partial charge in [-0.3, -0.25) is 0 Å². The van der Waals surface area contributed by atoms with E-state index in [0.29, 0.717) is 17.1 Å². The Bertz CT molecular complexity index is 932. The van der Waals surface area contributed by atoms with Gasteiger partial charge in [-0.1, -0.05) is 30.3 Å². The molecule has 0 saturated heterocycles. The number of hydrogen-bond acceptors (Lipinski definition) is 3. The summed E-state index contributed by atoms with van der Waals surface area (Å²) in [6.45, 7) is 0. The van der Waals surface area contributed by atoms with E-state index in [2.05, 4.69) is 0 Å². The molecule has 0 atom stereocenters. The van der Waals surface area contributed by atoms with Gasteiger partial charge in [0, 0.05) is 23.9 Å². The zero-order valence-corrected chi connectivity index (χ0v) is 11.9. The number of anilines is 1. The van der Waals surface area contributed by atoms with E-state index in [4.69, 9.17) is 5.73 Å². The third-order valence-electron chi connectivity index (χ3n) is 3.26. The van der Waals surface area contributed by atoms with Crippen molar-refractivity contribution < 1.29 is 8.42 Å². The highest BCUT2D eigenvalue weighted by Gasteiger charge is 2.19. The van der Waals surface area contributed by atoms with Crippen LogP contribution in [0.25, 0.3) is 10.8 Å². The zero-order chi connectivity index (χ0) is 14.8.